The van der Waals surface area contributed by atoms with E-state index in [1.165, 1.54) is 11.1 Å². The third kappa shape index (κ3) is 3.27. The molecule has 24 heavy (non-hydrogen) atoms. The Hall–Kier alpha value is -2.37. The van der Waals surface area contributed by atoms with Gasteiger partial charge in [0.1, 0.15) is 5.82 Å². The van der Waals surface area contributed by atoms with Crippen molar-refractivity contribution >= 4 is 11.7 Å². The Morgan fingerprint density at radius 3 is 2.83 bits per heavy atom. The van der Waals surface area contributed by atoms with Crippen molar-refractivity contribution in [1.82, 2.24) is 20.5 Å². The van der Waals surface area contributed by atoms with E-state index < -0.39 is 0 Å². The van der Waals surface area contributed by atoms with Crippen molar-refractivity contribution in [1.29, 1.82) is 0 Å². The molecule has 128 valence electrons. The molecule has 0 atom stereocenters. The smallest absolute Gasteiger partial charge is 0.322 e. The second-order valence-corrected chi connectivity index (χ2v) is 7.23. The number of fused-ring (bicyclic) bond motifs is 1. The van der Waals surface area contributed by atoms with Crippen LogP contribution in [0.1, 0.15) is 50.5 Å². The van der Waals surface area contributed by atoms with Gasteiger partial charge in [-0.05, 0) is 30.0 Å². The lowest BCUT2D eigenvalue weighted by molar-refractivity contribution is 0.246. The van der Waals surface area contributed by atoms with E-state index in [1.54, 1.807) is 4.90 Å². The summed E-state index contributed by atoms with van der Waals surface area (Å²) in [5.74, 6) is 1.43. The average Bonchev–Trinajstić information content (AvgIpc) is 3.18. The zero-order valence-corrected chi connectivity index (χ0v) is 14.8. The van der Waals surface area contributed by atoms with Crippen LogP contribution in [0, 0.1) is 0 Å². The van der Waals surface area contributed by atoms with Crippen LogP contribution in [0.15, 0.2) is 18.2 Å². The molecule has 2 amide bonds. The predicted octanol–water partition coefficient (Wildman–Crippen LogP) is 2.94. The molecule has 1 aliphatic rings. The topological polar surface area (TPSA) is 73.9 Å². The summed E-state index contributed by atoms with van der Waals surface area (Å²) in [6.07, 6.45) is 1.92. The maximum absolute atomic E-state index is 12.5. The first-order valence-electron chi connectivity index (χ1n) is 8.47. The molecule has 0 aliphatic carbocycles. The van der Waals surface area contributed by atoms with Gasteiger partial charge in [0, 0.05) is 17.6 Å². The van der Waals surface area contributed by atoms with Gasteiger partial charge in [0.25, 0.3) is 0 Å². The van der Waals surface area contributed by atoms with Crippen molar-refractivity contribution in [3.8, 4) is 0 Å². The summed E-state index contributed by atoms with van der Waals surface area (Å²) < 4.78 is 0. The lowest BCUT2D eigenvalue weighted by atomic mass is 9.96. The molecule has 0 saturated carbocycles. The first kappa shape index (κ1) is 16.5. The van der Waals surface area contributed by atoms with Crippen LogP contribution in [0.3, 0.4) is 0 Å². The zero-order chi connectivity index (χ0) is 17.3. The minimum Gasteiger partial charge on any atom is -0.330 e. The molecule has 2 N–H and O–H groups in total. The van der Waals surface area contributed by atoms with Gasteiger partial charge in [0.2, 0.25) is 0 Å². The van der Waals surface area contributed by atoms with Gasteiger partial charge in [-0.1, -0.05) is 39.8 Å². The molecule has 2 aromatic rings. The number of nitrogens with one attached hydrogen (secondary N) is 2. The van der Waals surface area contributed by atoms with Crippen LogP contribution >= 0.6 is 0 Å². The van der Waals surface area contributed by atoms with Crippen LogP contribution in [0.2, 0.25) is 0 Å². The quantitative estimate of drug-likeness (QED) is 0.910. The molecule has 0 unspecified atom stereocenters. The average molecular weight is 327 g/mol. The Morgan fingerprint density at radius 2 is 2.17 bits per heavy atom. The number of aryl methyl sites for hydroxylation is 1. The summed E-state index contributed by atoms with van der Waals surface area (Å²) in [4.78, 5) is 18.7. The van der Waals surface area contributed by atoms with Gasteiger partial charge < -0.3 is 5.32 Å². The first-order chi connectivity index (χ1) is 11.4. The van der Waals surface area contributed by atoms with Crippen molar-refractivity contribution in [2.24, 2.45) is 0 Å². The van der Waals surface area contributed by atoms with E-state index in [-0.39, 0.29) is 11.4 Å². The molecule has 1 aromatic heterocycles. The predicted molar refractivity (Wildman–Crippen MR) is 94.2 cm³/mol. The number of nitrogens with zero attached hydrogens (tertiary/aromatic N) is 3. The van der Waals surface area contributed by atoms with Crippen molar-refractivity contribution in [3.05, 3.63) is 41.0 Å². The number of aromatic nitrogens is 3. The third-order valence-electron chi connectivity index (χ3n) is 4.30. The lowest BCUT2D eigenvalue weighted by Gasteiger charge is -2.18. The molecule has 0 spiro atoms. The number of carbonyl (C=O) groups is 1. The van der Waals surface area contributed by atoms with Crippen molar-refractivity contribution < 1.29 is 4.79 Å². The number of H-pyrrole nitrogens is 1. The Labute approximate surface area is 142 Å². The van der Waals surface area contributed by atoms with Gasteiger partial charge in [-0.2, -0.15) is 5.10 Å². The minimum atomic E-state index is -0.108. The minimum absolute atomic E-state index is 0.0910. The monoisotopic (exact) mass is 327 g/mol. The fourth-order valence-corrected chi connectivity index (χ4v) is 2.85. The van der Waals surface area contributed by atoms with Crippen molar-refractivity contribution in [3.63, 3.8) is 0 Å². The number of anilines is 1. The molecule has 0 saturated heterocycles. The van der Waals surface area contributed by atoms with Gasteiger partial charge in [-0.15, -0.1) is 0 Å². The summed E-state index contributed by atoms with van der Waals surface area (Å²) in [7, 11) is 0. The van der Waals surface area contributed by atoms with Crippen molar-refractivity contribution in [2.75, 3.05) is 11.4 Å². The van der Waals surface area contributed by atoms with E-state index in [4.69, 9.17) is 0 Å². The summed E-state index contributed by atoms with van der Waals surface area (Å²) in [6, 6.07) is 6.25. The Balaban J connectivity index is 1.64. The highest BCUT2D eigenvalue weighted by Gasteiger charge is 2.25. The second kappa shape index (κ2) is 6.26. The SMILES string of the molecule is CCc1ccc2c(c1)CCN2C(=O)NCc1nc(C(C)(C)C)n[nH]1. The van der Waals surface area contributed by atoms with Crippen LogP contribution in [0.25, 0.3) is 0 Å². The van der Waals surface area contributed by atoms with Crippen LogP contribution in [-0.2, 0) is 24.8 Å². The van der Waals surface area contributed by atoms with E-state index >= 15 is 0 Å². The standard InChI is InChI=1S/C18H25N5O/c1-5-12-6-7-14-13(10-12)8-9-23(14)17(24)19-11-15-20-16(22-21-15)18(2,3)4/h6-7,10H,5,8-9,11H2,1-4H3,(H,19,24)(H,20,21,22). The normalized spacial score (nSPS) is 13.9. The number of carbonyl (C=O) groups excluding carboxylic acids is 1. The number of benzene rings is 1. The van der Waals surface area contributed by atoms with E-state index in [1.807, 2.05) is 6.07 Å². The van der Waals surface area contributed by atoms with E-state index in [0.717, 1.165) is 30.9 Å². The van der Waals surface area contributed by atoms with Crippen LogP contribution < -0.4 is 10.2 Å². The molecule has 2 heterocycles. The summed E-state index contributed by atoms with van der Waals surface area (Å²) >= 11 is 0. The molecule has 6 heteroatoms. The number of hydrogen-bond donors (Lipinski definition) is 2. The highest BCUT2D eigenvalue weighted by molar-refractivity contribution is 5.94. The fourth-order valence-electron chi connectivity index (χ4n) is 2.85. The van der Waals surface area contributed by atoms with E-state index in [2.05, 4.69) is 60.3 Å². The Morgan fingerprint density at radius 1 is 1.38 bits per heavy atom. The Bertz CT molecular complexity index is 744. The second-order valence-electron chi connectivity index (χ2n) is 7.23. The zero-order valence-electron chi connectivity index (χ0n) is 14.8. The first-order valence-corrected chi connectivity index (χ1v) is 8.47. The van der Waals surface area contributed by atoms with Crippen molar-refractivity contribution in [2.45, 2.75) is 52.5 Å². The van der Waals surface area contributed by atoms with Crippen LogP contribution in [0.4, 0.5) is 10.5 Å². The number of aromatic amines is 1. The molecule has 1 aliphatic heterocycles. The number of amides is 2. The molecule has 3 rings (SSSR count). The van der Waals surface area contributed by atoms with Gasteiger partial charge in [0.05, 0.1) is 6.54 Å². The molecule has 0 bridgehead atoms. The summed E-state index contributed by atoms with van der Waals surface area (Å²) in [6.45, 7) is 9.39. The number of rotatable bonds is 3. The maximum atomic E-state index is 12.5. The molecule has 0 fully saturated rings. The third-order valence-corrected chi connectivity index (χ3v) is 4.30. The molecule has 1 aromatic carbocycles. The Kier molecular flexibility index (Phi) is 4.30. The van der Waals surface area contributed by atoms with Crippen LogP contribution in [-0.4, -0.2) is 27.8 Å². The van der Waals surface area contributed by atoms with Gasteiger partial charge >= 0.3 is 6.03 Å². The molecule has 6 nitrogen and oxygen atoms in total. The fraction of sp³-hybridized carbons (Fsp3) is 0.500. The van der Waals surface area contributed by atoms with Gasteiger partial charge in [0.15, 0.2) is 5.82 Å². The van der Waals surface area contributed by atoms with Gasteiger partial charge in [-0.25, -0.2) is 9.78 Å². The van der Waals surface area contributed by atoms with Crippen LogP contribution in [0.5, 0.6) is 0 Å². The number of hydrogen-bond acceptors (Lipinski definition) is 3. The van der Waals surface area contributed by atoms with E-state index in [0.29, 0.717) is 12.4 Å². The highest BCUT2D eigenvalue weighted by atomic mass is 16.2. The summed E-state index contributed by atoms with van der Waals surface area (Å²) in [5, 5.41) is 10.0. The lowest BCUT2D eigenvalue weighted by Crippen LogP contribution is -2.38. The molecular weight excluding hydrogens is 302 g/mol. The largest absolute Gasteiger partial charge is 0.330 e. The summed E-state index contributed by atoms with van der Waals surface area (Å²) in [5.41, 5.74) is 3.47. The highest BCUT2D eigenvalue weighted by Crippen LogP contribution is 2.29. The molecule has 0 radical (unpaired) electrons. The number of urea groups is 1. The van der Waals surface area contributed by atoms with Gasteiger partial charge in [-0.3, -0.25) is 10.00 Å². The van der Waals surface area contributed by atoms with E-state index in [9.17, 15) is 4.79 Å². The molecular formula is C18H25N5O. The maximum Gasteiger partial charge on any atom is 0.322 e.